The Bertz CT molecular complexity index is 939. The number of hydrogen-bond donors (Lipinski definition) is 2. The van der Waals surface area contributed by atoms with Crippen LogP contribution in [0.1, 0.15) is 18.9 Å². The molecule has 27 heavy (non-hydrogen) atoms. The van der Waals surface area contributed by atoms with E-state index in [2.05, 4.69) is 15.3 Å². The third-order valence-electron chi connectivity index (χ3n) is 3.74. The molecule has 0 aromatic carbocycles. The Balaban J connectivity index is 0.000000817. The van der Waals surface area contributed by atoms with E-state index < -0.39 is 0 Å². The van der Waals surface area contributed by atoms with Crippen LogP contribution < -0.4 is 5.32 Å². The topological polar surface area (TPSA) is 66.6 Å². The predicted molar refractivity (Wildman–Crippen MR) is 110 cm³/mol. The number of fused-ring (bicyclic) bond motifs is 1. The van der Waals surface area contributed by atoms with Crippen molar-refractivity contribution in [1.29, 1.82) is 5.41 Å². The molecule has 0 aliphatic rings. The molecule has 0 radical (unpaired) electrons. The lowest BCUT2D eigenvalue weighted by Crippen LogP contribution is -1.96. The molecule has 140 valence electrons. The van der Waals surface area contributed by atoms with Gasteiger partial charge in [-0.3, -0.25) is 9.55 Å². The molecule has 3 rings (SSSR count). The summed E-state index contributed by atoms with van der Waals surface area (Å²) in [4.78, 5) is 8.63. The van der Waals surface area contributed by atoms with Crippen LogP contribution in [-0.2, 0) is 0 Å². The van der Waals surface area contributed by atoms with Crippen molar-refractivity contribution in [2.24, 2.45) is 0 Å². The Morgan fingerprint density at radius 1 is 1.22 bits per heavy atom. The predicted octanol–water partition coefficient (Wildman–Crippen LogP) is 4.55. The maximum atomic E-state index is 13.6. The molecule has 3 heterocycles. The van der Waals surface area contributed by atoms with Gasteiger partial charge in [0.05, 0.1) is 11.7 Å². The van der Waals surface area contributed by atoms with Crippen LogP contribution >= 0.6 is 0 Å². The van der Waals surface area contributed by atoms with Gasteiger partial charge in [0.25, 0.3) is 0 Å². The van der Waals surface area contributed by atoms with Gasteiger partial charge in [0.2, 0.25) is 0 Å². The average molecular weight is 365 g/mol. The Kier molecular flexibility index (Phi) is 7.58. The number of nitrogens with one attached hydrogen (secondary N) is 2. The van der Waals surface area contributed by atoms with Gasteiger partial charge in [-0.2, -0.15) is 0 Å². The molecule has 0 bridgehead atoms. The number of aromatic nitrogens is 3. The van der Waals surface area contributed by atoms with Gasteiger partial charge < -0.3 is 10.7 Å². The maximum Gasteiger partial charge on any atom is 0.137 e. The van der Waals surface area contributed by atoms with Gasteiger partial charge in [-0.25, -0.2) is 9.37 Å². The average Bonchev–Trinajstić information content (AvgIpc) is 3.12. The molecule has 0 aliphatic heterocycles. The van der Waals surface area contributed by atoms with E-state index in [0.717, 1.165) is 28.5 Å². The molecule has 0 aliphatic carbocycles. The highest BCUT2D eigenvalue weighted by Crippen LogP contribution is 2.22. The van der Waals surface area contributed by atoms with Crippen LogP contribution in [0, 0.1) is 5.41 Å². The van der Waals surface area contributed by atoms with Gasteiger partial charge in [0.1, 0.15) is 11.6 Å². The van der Waals surface area contributed by atoms with Crippen molar-refractivity contribution >= 4 is 22.7 Å². The van der Waals surface area contributed by atoms with Crippen LogP contribution in [0.4, 0.5) is 4.39 Å². The van der Waals surface area contributed by atoms with Gasteiger partial charge in [-0.1, -0.05) is 6.92 Å². The largest absolute Gasteiger partial charge is 0.323 e. The lowest BCUT2D eigenvalue weighted by Gasteiger charge is -2.07. The zero-order chi connectivity index (χ0) is 19.6. The van der Waals surface area contributed by atoms with Crippen molar-refractivity contribution in [1.82, 2.24) is 19.9 Å². The van der Waals surface area contributed by atoms with Crippen LogP contribution in [0.3, 0.4) is 0 Å². The van der Waals surface area contributed by atoms with E-state index in [0.29, 0.717) is 12.0 Å². The SMILES string of the molecule is CC/C(F)=C\C(=C/C=N)c1ccc(-n2ccc3ccncc32)nc1.CNC. The van der Waals surface area contributed by atoms with Gasteiger partial charge >= 0.3 is 0 Å². The number of nitrogens with zero attached hydrogens (tertiary/aromatic N) is 3. The summed E-state index contributed by atoms with van der Waals surface area (Å²) in [7, 11) is 3.75. The van der Waals surface area contributed by atoms with Crippen molar-refractivity contribution in [3.63, 3.8) is 0 Å². The minimum atomic E-state index is -0.227. The molecule has 3 aromatic heterocycles. The third-order valence-corrected chi connectivity index (χ3v) is 3.74. The van der Waals surface area contributed by atoms with E-state index >= 15 is 0 Å². The van der Waals surface area contributed by atoms with E-state index in [1.807, 2.05) is 49.1 Å². The van der Waals surface area contributed by atoms with Gasteiger partial charge in [-0.15, -0.1) is 0 Å². The Morgan fingerprint density at radius 2 is 2.00 bits per heavy atom. The fourth-order valence-corrected chi connectivity index (χ4v) is 2.46. The van der Waals surface area contributed by atoms with E-state index in [9.17, 15) is 4.39 Å². The Hall–Kier alpha value is -3.12. The highest BCUT2D eigenvalue weighted by Gasteiger charge is 2.06. The molecule has 2 N–H and O–H groups in total. The fourth-order valence-electron chi connectivity index (χ4n) is 2.46. The van der Waals surface area contributed by atoms with E-state index in [1.54, 1.807) is 31.6 Å². The number of pyridine rings is 2. The first-order valence-electron chi connectivity index (χ1n) is 8.67. The van der Waals surface area contributed by atoms with E-state index in [1.165, 1.54) is 6.08 Å². The van der Waals surface area contributed by atoms with Crippen molar-refractivity contribution < 1.29 is 4.39 Å². The summed E-state index contributed by atoms with van der Waals surface area (Å²) in [5.41, 5.74) is 2.37. The van der Waals surface area contributed by atoms with E-state index in [-0.39, 0.29) is 5.83 Å². The summed E-state index contributed by atoms with van der Waals surface area (Å²) < 4.78 is 15.5. The molecular formula is C21H24FN5. The Morgan fingerprint density at radius 3 is 2.63 bits per heavy atom. The summed E-state index contributed by atoms with van der Waals surface area (Å²) in [6.07, 6.45) is 11.6. The molecule has 6 heteroatoms. The molecule has 0 unspecified atom stereocenters. The summed E-state index contributed by atoms with van der Waals surface area (Å²) in [6.45, 7) is 1.75. The molecule has 0 fully saturated rings. The minimum absolute atomic E-state index is 0.227. The first kappa shape index (κ1) is 20.2. The van der Waals surface area contributed by atoms with Gasteiger partial charge in [-0.05, 0) is 62.5 Å². The first-order valence-corrected chi connectivity index (χ1v) is 8.67. The molecule has 5 nitrogen and oxygen atoms in total. The van der Waals surface area contributed by atoms with Crippen molar-refractivity contribution in [3.8, 4) is 5.82 Å². The Labute approximate surface area is 158 Å². The summed E-state index contributed by atoms with van der Waals surface area (Å²) in [5, 5.41) is 11.1. The zero-order valence-corrected chi connectivity index (χ0v) is 15.8. The van der Waals surface area contributed by atoms with Gasteiger partial charge in [0, 0.05) is 35.8 Å². The van der Waals surface area contributed by atoms with Crippen molar-refractivity contribution in [3.05, 3.63) is 72.6 Å². The lowest BCUT2D eigenvalue weighted by atomic mass is 10.1. The highest BCUT2D eigenvalue weighted by atomic mass is 19.1. The summed E-state index contributed by atoms with van der Waals surface area (Å²) in [5.74, 6) is 0.533. The third kappa shape index (κ3) is 5.18. The minimum Gasteiger partial charge on any atom is -0.323 e. The molecular weight excluding hydrogens is 341 g/mol. The van der Waals surface area contributed by atoms with Crippen molar-refractivity contribution in [2.75, 3.05) is 14.1 Å². The molecule has 3 aromatic rings. The fraction of sp³-hybridized carbons (Fsp3) is 0.190. The monoisotopic (exact) mass is 365 g/mol. The van der Waals surface area contributed by atoms with Crippen LogP contribution in [0.25, 0.3) is 22.3 Å². The highest BCUT2D eigenvalue weighted by molar-refractivity contribution is 5.87. The smallest absolute Gasteiger partial charge is 0.137 e. The van der Waals surface area contributed by atoms with Crippen molar-refractivity contribution in [2.45, 2.75) is 13.3 Å². The summed E-state index contributed by atoms with van der Waals surface area (Å²) in [6, 6.07) is 7.70. The normalized spacial score (nSPS) is 11.9. The standard InChI is InChI=1S/C19H17FN4.C2H7N/c1-2-17(20)11-15(5-8-21)16-3-4-19(23-12-16)24-10-7-14-6-9-22-13-18(14)24;1-3-2/h3-13,21H,2H2,1H3;3H,1-2H3/b15-5+,17-11+,21-8?;. The first-order chi connectivity index (χ1) is 13.1. The lowest BCUT2D eigenvalue weighted by molar-refractivity contribution is 0.605. The van der Waals surface area contributed by atoms with Crippen LogP contribution in [-0.4, -0.2) is 34.8 Å². The molecule has 0 saturated heterocycles. The number of allylic oxidation sites excluding steroid dienone is 4. The molecule has 0 spiro atoms. The summed E-state index contributed by atoms with van der Waals surface area (Å²) >= 11 is 0. The molecule has 0 saturated carbocycles. The van der Waals surface area contributed by atoms with Crippen LogP contribution in [0.2, 0.25) is 0 Å². The van der Waals surface area contributed by atoms with Crippen LogP contribution in [0.5, 0.6) is 0 Å². The van der Waals surface area contributed by atoms with Gasteiger partial charge in [0.15, 0.2) is 0 Å². The van der Waals surface area contributed by atoms with Crippen LogP contribution in [0.15, 0.2) is 67.0 Å². The second-order valence-electron chi connectivity index (χ2n) is 5.76. The zero-order valence-electron chi connectivity index (χ0n) is 15.8. The maximum absolute atomic E-state index is 13.6. The second-order valence-corrected chi connectivity index (χ2v) is 5.76. The number of hydrogen-bond acceptors (Lipinski definition) is 4. The molecule has 0 atom stereocenters. The number of halogens is 1. The van der Waals surface area contributed by atoms with E-state index in [4.69, 9.17) is 5.41 Å². The molecule has 0 amide bonds. The quantitative estimate of drug-likeness (QED) is 0.515. The number of rotatable bonds is 5. The second kappa shape index (κ2) is 10.1.